The third kappa shape index (κ3) is 2.49. The van der Waals surface area contributed by atoms with Gasteiger partial charge in [-0.2, -0.15) is 0 Å². The van der Waals surface area contributed by atoms with Crippen molar-refractivity contribution in [3.63, 3.8) is 0 Å². The number of hydrogen-bond acceptors (Lipinski definition) is 2. The quantitative estimate of drug-likeness (QED) is 0.762. The van der Waals surface area contributed by atoms with Crippen molar-refractivity contribution >= 4 is 0 Å². The van der Waals surface area contributed by atoms with E-state index in [0.717, 1.165) is 25.7 Å². The zero-order valence-corrected chi connectivity index (χ0v) is 7.78. The lowest BCUT2D eigenvalue weighted by molar-refractivity contribution is 0.0692. The van der Waals surface area contributed by atoms with Crippen molar-refractivity contribution in [1.29, 1.82) is 0 Å². The van der Waals surface area contributed by atoms with Crippen LogP contribution in [0, 0.1) is 5.92 Å². The largest absolute Gasteiger partial charge is 0.381 e. The van der Waals surface area contributed by atoms with E-state index in [4.69, 9.17) is 4.74 Å². The van der Waals surface area contributed by atoms with Gasteiger partial charge in [0.25, 0.3) is 0 Å². The molecule has 1 saturated heterocycles. The number of rotatable bonds is 3. The van der Waals surface area contributed by atoms with E-state index in [1.165, 1.54) is 12.8 Å². The number of aromatic nitrogens is 1. The van der Waals surface area contributed by atoms with E-state index in [2.05, 4.69) is 5.43 Å². The van der Waals surface area contributed by atoms with Gasteiger partial charge >= 0.3 is 0 Å². The van der Waals surface area contributed by atoms with Gasteiger partial charge in [0, 0.05) is 32.2 Å². The molecule has 0 amide bonds. The molecule has 1 aliphatic rings. The molecule has 1 aromatic heterocycles. The van der Waals surface area contributed by atoms with E-state index in [0.29, 0.717) is 0 Å². The van der Waals surface area contributed by atoms with Crippen LogP contribution in [0.5, 0.6) is 0 Å². The molecule has 2 heterocycles. The molecular formula is C10H16N2O. The van der Waals surface area contributed by atoms with Crippen molar-refractivity contribution in [2.75, 3.05) is 25.2 Å². The van der Waals surface area contributed by atoms with Crippen LogP contribution in [-0.4, -0.2) is 24.4 Å². The zero-order chi connectivity index (χ0) is 8.93. The van der Waals surface area contributed by atoms with Crippen LogP contribution in [0.3, 0.4) is 0 Å². The normalized spacial score (nSPS) is 18.8. The second kappa shape index (κ2) is 4.33. The molecule has 0 bridgehead atoms. The van der Waals surface area contributed by atoms with Gasteiger partial charge in [-0.3, -0.25) is 4.68 Å². The highest BCUT2D eigenvalue weighted by atomic mass is 16.5. The van der Waals surface area contributed by atoms with Gasteiger partial charge in [-0.15, -0.1) is 0 Å². The Kier molecular flexibility index (Phi) is 2.87. The Morgan fingerprint density at radius 1 is 1.23 bits per heavy atom. The van der Waals surface area contributed by atoms with Crippen LogP contribution in [0.4, 0.5) is 0 Å². The minimum atomic E-state index is 0.774. The number of ether oxygens (including phenoxy) is 1. The summed E-state index contributed by atoms with van der Waals surface area (Å²) in [5, 5.41) is 0. The molecule has 3 heteroatoms. The van der Waals surface area contributed by atoms with Crippen LogP contribution in [0.15, 0.2) is 24.5 Å². The molecule has 1 fully saturated rings. The van der Waals surface area contributed by atoms with Crippen LogP contribution >= 0.6 is 0 Å². The summed E-state index contributed by atoms with van der Waals surface area (Å²) < 4.78 is 7.31. The maximum atomic E-state index is 5.30. The van der Waals surface area contributed by atoms with Crippen LogP contribution in [0.25, 0.3) is 0 Å². The van der Waals surface area contributed by atoms with Gasteiger partial charge in [0.15, 0.2) is 0 Å². The average Bonchev–Trinajstić information content (AvgIpc) is 2.69. The van der Waals surface area contributed by atoms with Gasteiger partial charge in [0.2, 0.25) is 0 Å². The molecule has 0 radical (unpaired) electrons. The van der Waals surface area contributed by atoms with Crippen LogP contribution < -0.4 is 5.43 Å². The molecule has 0 spiro atoms. The Bertz CT molecular complexity index is 227. The molecule has 72 valence electrons. The van der Waals surface area contributed by atoms with Gasteiger partial charge in [-0.05, 0) is 30.9 Å². The minimum absolute atomic E-state index is 0.774. The fourth-order valence-corrected chi connectivity index (χ4v) is 1.62. The van der Waals surface area contributed by atoms with Crippen LogP contribution in [0.2, 0.25) is 0 Å². The topological polar surface area (TPSA) is 26.2 Å². The Hall–Kier alpha value is -0.960. The lowest BCUT2D eigenvalue weighted by Gasteiger charge is -2.22. The first kappa shape index (κ1) is 8.63. The Balaban J connectivity index is 1.72. The summed E-state index contributed by atoms with van der Waals surface area (Å²) in [6.45, 7) is 2.91. The van der Waals surface area contributed by atoms with Crippen molar-refractivity contribution in [2.24, 2.45) is 5.92 Å². The van der Waals surface area contributed by atoms with Gasteiger partial charge in [-0.1, -0.05) is 0 Å². The van der Waals surface area contributed by atoms with Crippen molar-refractivity contribution in [3.8, 4) is 0 Å². The predicted octanol–water partition coefficient (Wildman–Crippen LogP) is 1.46. The van der Waals surface area contributed by atoms with Gasteiger partial charge in [0.05, 0.1) is 0 Å². The second-order valence-electron chi connectivity index (χ2n) is 3.51. The highest BCUT2D eigenvalue weighted by Gasteiger charge is 2.12. The zero-order valence-electron chi connectivity index (χ0n) is 7.78. The molecule has 1 N–H and O–H groups in total. The highest BCUT2D eigenvalue weighted by Crippen LogP contribution is 2.13. The molecule has 0 aromatic carbocycles. The summed E-state index contributed by atoms with van der Waals surface area (Å²) in [6.07, 6.45) is 6.43. The fourth-order valence-electron chi connectivity index (χ4n) is 1.62. The lowest BCUT2D eigenvalue weighted by atomic mass is 10.0. The van der Waals surface area contributed by atoms with Crippen LogP contribution in [0.1, 0.15) is 12.8 Å². The molecule has 0 saturated carbocycles. The summed E-state index contributed by atoms with van der Waals surface area (Å²) in [5.41, 5.74) is 3.36. The molecule has 2 rings (SSSR count). The third-order valence-corrected chi connectivity index (χ3v) is 2.51. The van der Waals surface area contributed by atoms with Crippen LogP contribution in [-0.2, 0) is 4.74 Å². The molecule has 1 aromatic rings. The van der Waals surface area contributed by atoms with Crippen molar-refractivity contribution < 1.29 is 4.74 Å². The fraction of sp³-hybridized carbons (Fsp3) is 0.600. The Labute approximate surface area is 78.7 Å². The minimum Gasteiger partial charge on any atom is -0.381 e. The van der Waals surface area contributed by atoms with Crippen molar-refractivity contribution in [2.45, 2.75) is 12.8 Å². The van der Waals surface area contributed by atoms with Gasteiger partial charge < -0.3 is 10.2 Å². The number of nitrogens with zero attached hydrogens (tertiary/aromatic N) is 1. The monoisotopic (exact) mass is 180 g/mol. The standard InChI is InChI=1S/C10H16N2O/c1-2-6-12(5-1)11-9-10-3-7-13-8-4-10/h1-2,5-6,10-11H,3-4,7-9H2. The predicted molar refractivity (Wildman–Crippen MR) is 52.2 cm³/mol. The second-order valence-corrected chi connectivity index (χ2v) is 3.51. The highest BCUT2D eigenvalue weighted by molar-refractivity contribution is 4.93. The first-order valence-corrected chi connectivity index (χ1v) is 4.90. The SMILES string of the molecule is c1ccn(NCC2CCOCC2)c1. The Morgan fingerprint density at radius 3 is 2.62 bits per heavy atom. The maximum absolute atomic E-state index is 5.30. The van der Waals surface area contributed by atoms with E-state index < -0.39 is 0 Å². The molecule has 3 nitrogen and oxygen atoms in total. The molecule has 0 atom stereocenters. The smallest absolute Gasteiger partial charge is 0.0469 e. The number of nitrogens with one attached hydrogen (secondary N) is 1. The first-order valence-electron chi connectivity index (χ1n) is 4.90. The van der Waals surface area contributed by atoms with E-state index >= 15 is 0 Å². The van der Waals surface area contributed by atoms with Crippen molar-refractivity contribution in [1.82, 2.24) is 4.68 Å². The summed E-state index contributed by atoms with van der Waals surface area (Å²) in [4.78, 5) is 0. The van der Waals surface area contributed by atoms with Gasteiger partial charge in [0.1, 0.15) is 0 Å². The van der Waals surface area contributed by atoms with E-state index in [-0.39, 0.29) is 0 Å². The van der Waals surface area contributed by atoms with Crippen molar-refractivity contribution in [3.05, 3.63) is 24.5 Å². The summed E-state index contributed by atoms with van der Waals surface area (Å²) in [5.74, 6) is 0.774. The first-order chi connectivity index (χ1) is 6.45. The molecule has 13 heavy (non-hydrogen) atoms. The molecule has 0 aliphatic carbocycles. The van der Waals surface area contributed by atoms with E-state index in [1.54, 1.807) is 0 Å². The van der Waals surface area contributed by atoms with E-state index in [9.17, 15) is 0 Å². The lowest BCUT2D eigenvalue weighted by Crippen LogP contribution is -2.26. The molecular weight excluding hydrogens is 164 g/mol. The van der Waals surface area contributed by atoms with E-state index in [1.807, 2.05) is 29.2 Å². The summed E-state index contributed by atoms with van der Waals surface area (Å²) in [6, 6.07) is 4.05. The summed E-state index contributed by atoms with van der Waals surface area (Å²) >= 11 is 0. The third-order valence-electron chi connectivity index (χ3n) is 2.51. The summed E-state index contributed by atoms with van der Waals surface area (Å²) in [7, 11) is 0. The number of hydrogen-bond donors (Lipinski definition) is 1. The maximum Gasteiger partial charge on any atom is 0.0469 e. The average molecular weight is 180 g/mol. The molecule has 1 aliphatic heterocycles. The van der Waals surface area contributed by atoms with Gasteiger partial charge in [-0.25, -0.2) is 0 Å². The molecule has 0 unspecified atom stereocenters. The Morgan fingerprint density at radius 2 is 1.92 bits per heavy atom.